The number of methoxy groups -OCH3 is 1. The molecule has 2 aromatic rings. The first-order valence-electron chi connectivity index (χ1n) is 8.89. The summed E-state index contributed by atoms with van der Waals surface area (Å²) < 4.78 is 5.44. The fourth-order valence-corrected chi connectivity index (χ4v) is 3.36. The highest BCUT2D eigenvalue weighted by Crippen LogP contribution is 2.35. The van der Waals surface area contributed by atoms with E-state index in [4.69, 9.17) is 16.2 Å². The van der Waals surface area contributed by atoms with Crippen molar-refractivity contribution in [2.24, 2.45) is 10.7 Å². The third kappa shape index (κ3) is 3.97. The number of nitrogens with zero attached hydrogens (tertiary/aromatic N) is 4. The van der Waals surface area contributed by atoms with Gasteiger partial charge in [0.1, 0.15) is 5.75 Å². The maximum atomic E-state index is 6.15. The van der Waals surface area contributed by atoms with Gasteiger partial charge in [0.15, 0.2) is 0 Å². The Morgan fingerprint density at radius 2 is 1.81 bits per heavy atom. The van der Waals surface area contributed by atoms with Crippen molar-refractivity contribution in [2.45, 2.75) is 0 Å². The first-order valence-corrected chi connectivity index (χ1v) is 8.89. The fraction of sp³-hybridized carbons (Fsp3) is 0.300. The number of ether oxygens (including phenoxy) is 1. The number of piperazine rings is 1. The van der Waals surface area contributed by atoms with Gasteiger partial charge < -0.3 is 26.0 Å². The van der Waals surface area contributed by atoms with E-state index in [1.807, 2.05) is 36.7 Å². The van der Waals surface area contributed by atoms with Gasteiger partial charge in [0.05, 0.1) is 12.8 Å². The molecule has 4 N–H and O–H groups in total. The lowest BCUT2D eigenvalue weighted by atomic mass is 10.0. The van der Waals surface area contributed by atoms with E-state index in [9.17, 15) is 0 Å². The average Bonchev–Trinajstić information content (AvgIpc) is 2.72. The number of benzene rings is 1. The van der Waals surface area contributed by atoms with Crippen LogP contribution in [0.4, 0.5) is 17.1 Å². The van der Waals surface area contributed by atoms with Crippen LogP contribution in [-0.2, 0) is 0 Å². The van der Waals surface area contributed by atoms with E-state index in [0.29, 0.717) is 11.4 Å². The molecule has 1 aromatic heterocycles. The minimum absolute atomic E-state index is 0.579. The van der Waals surface area contributed by atoms with Crippen molar-refractivity contribution in [1.82, 2.24) is 4.98 Å². The Balaban J connectivity index is 1.89. The molecule has 0 aliphatic carbocycles. The van der Waals surface area contributed by atoms with E-state index in [2.05, 4.69) is 19.8 Å². The quantitative estimate of drug-likeness (QED) is 0.621. The van der Waals surface area contributed by atoms with Crippen LogP contribution in [0, 0.1) is 0 Å². The van der Waals surface area contributed by atoms with Gasteiger partial charge in [-0.1, -0.05) is 0 Å². The van der Waals surface area contributed by atoms with Crippen molar-refractivity contribution in [1.29, 1.82) is 0 Å². The summed E-state index contributed by atoms with van der Waals surface area (Å²) in [6, 6.07) is 7.98. The predicted molar refractivity (Wildman–Crippen MR) is 113 cm³/mol. The molecule has 2 heterocycles. The highest BCUT2D eigenvalue weighted by molar-refractivity contribution is 6.12. The second-order valence-electron chi connectivity index (χ2n) is 6.30. The number of hydrogen-bond donors (Lipinski definition) is 2. The summed E-state index contributed by atoms with van der Waals surface area (Å²) in [5, 5.41) is 0. The molecular formula is C20H26N6O. The van der Waals surface area contributed by atoms with Gasteiger partial charge in [-0.15, -0.1) is 0 Å². The summed E-state index contributed by atoms with van der Waals surface area (Å²) in [6.45, 7) is 3.59. The molecule has 1 aromatic carbocycles. The van der Waals surface area contributed by atoms with Gasteiger partial charge in [-0.25, -0.2) is 0 Å². The molecule has 0 atom stereocenters. The molecule has 0 bridgehead atoms. The lowest BCUT2D eigenvalue weighted by molar-refractivity contribution is 0.417. The second kappa shape index (κ2) is 8.44. The van der Waals surface area contributed by atoms with Crippen molar-refractivity contribution in [3.63, 3.8) is 0 Å². The monoisotopic (exact) mass is 366 g/mol. The topological polar surface area (TPSA) is 93.0 Å². The van der Waals surface area contributed by atoms with Gasteiger partial charge in [-0.05, 0) is 18.2 Å². The van der Waals surface area contributed by atoms with Gasteiger partial charge in [0, 0.05) is 86.6 Å². The molecule has 0 radical (unpaired) electrons. The number of hydrogen-bond acceptors (Lipinski definition) is 7. The van der Waals surface area contributed by atoms with E-state index in [1.165, 1.54) is 5.69 Å². The van der Waals surface area contributed by atoms with E-state index < -0.39 is 0 Å². The molecule has 0 unspecified atom stereocenters. The van der Waals surface area contributed by atoms with Crippen molar-refractivity contribution in [3.8, 4) is 5.75 Å². The largest absolute Gasteiger partial charge is 0.495 e. The number of nitrogens with two attached hydrogens (primary N) is 2. The maximum Gasteiger partial charge on any atom is 0.143 e. The molecule has 1 fully saturated rings. The molecule has 3 rings (SSSR count). The van der Waals surface area contributed by atoms with Crippen molar-refractivity contribution < 1.29 is 4.74 Å². The van der Waals surface area contributed by atoms with E-state index in [-0.39, 0.29) is 0 Å². The third-order valence-corrected chi connectivity index (χ3v) is 4.76. The molecule has 27 heavy (non-hydrogen) atoms. The van der Waals surface area contributed by atoms with Crippen LogP contribution >= 0.6 is 0 Å². The average molecular weight is 366 g/mol. The summed E-state index contributed by atoms with van der Waals surface area (Å²) in [5.41, 5.74) is 16.6. The lowest BCUT2D eigenvalue weighted by Gasteiger charge is -2.38. The Bertz CT molecular complexity index is 826. The number of anilines is 3. The van der Waals surface area contributed by atoms with Crippen molar-refractivity contribution in [3.05, 3.63) is 48.4 Å². The lowest BCUT2D eigenvalue weighted by Crippen LogP contribution is -2.46. The van der Waals surface area contributed by atoms with Gasteiger partial charge in [0.2, 0.25) is 0 Å². The molecule has 7 nitrogen and oxygen atoms in total. The van der Waals surface area contributed by atoms with E-state index in [1.54, 1.807) is 26.6 Å². The van der Waals surface area contributed by atoms with Crippen LogP contribution in [0.15, 0.2) is 47.9 Å². The molecule has 1 aliphatic heterocycles. The first kappa shape index (κ1) is 18.6. The zero-order chi connectivity index (χ0) is 19.2. The number of allylic oxidation sites excluding steroid dienone is 1. The Hall–Kier alpha value is -3.22. The summed E-state index contributed by atoms with van der Waals surface area (Å²) in [6.07, 6.45) is 6.96. The molecule has 7 heteroatoms. The van der Waals surface area contributed by atoms with E-state index >= 15 is 0 Å². The molecule has 0 saturated carbocycles. The number of pyridine rings is 1. The smallest absolute Gasteiger partial charge is 0.143 e. The van der Waals surface area contributed by atoms with Crippen molar-refractivity contribution in [2.75, 3.05) is 55.9 Å². The Morgan fingerprint density at radius 3 is 2.41 bits per heavy atom. The zero-order valence-corrected chi connectivity index (χ0v) is 15.8. The summed E-state index contributed by atoms with van der Waals surface area (Å²) in [4.78, 5) is 12.9. The Morgan fingerprint density at radius 1 is 1.15 bits per heavy atom. The van der Waals surface area contributed by atoms with Gasteiger partial charge >= 0.3 is 0 Å². The number of nitrogen functional groups attached to an aromatic ring is 1. The van der Waals surface area contributed by atoms with Crippen LogP contribution in [0.25, 0.3) is 5.57 Å². The molecule has 1 aliphatic rings. The molecule has 0 spiro atoms. The van der Waals surface area contributed by atoms with Gasteiger partial charge in [0.25, 0.3) is 0 Å². The Labute approximate surface area is 160 Å². The van der Waals surface area contributed by atoms with Crippen LogP contribution in [0.3, 0.4) is 0 Å². The SMILES string of the molecule is CN=CC(=CN)c1cc(N)c(OC)cc1N1CCN(c2ccncc2)CC1. The standard InChI is InChI=1S/C20H26N6O/c1-23-14-15(13-21)17-11-18(22)20(27-2)12-19(17)26-9-7-25(8-10-26)16-3-5-24-6-4-16/h3-6,11-14H,7-10,21-22H2,1-2H3. The highest BCUT2D eigenvalue weighted by Gasteiger charge is 2.22. The van der Waals surface area contributed by atoms with Crippen molar-refractivity contribution >= 4 is 28.8 Å². The molecule has 142 valence electrons. The summed E-state index contributed by atoms with van der Waals surface area (Å²) in [5.74, 6) is 0.662. The summed E-state index contributed by atoms with van der Waals surface area (Å²) >= 11 is 0. The van der Waals surface area contributed by atoms with E-state index in [0.717, 1.165) is 43.0 Å². The van der Waals surface area contributed by atoms with Crippen LogP contribution in [-0.4, -0.2) is 51.5 Å². The van der Waals surface area contributed by atoms with Gasteiger partial charge in [-0.3, -0.25) is 9.98 Å². The maximum absolute atomic E-state index is 6.15. The minimum atomic E-state index is 0.579. The predicted octanol–water partition coefficient (Wildman–Crippen LogP) is 2.00. The fourth-order valence-electron chi connectivity index (χ4n) is 3.36. The normalized spacial score (nSPS) is 15.4. The number of rotatable bonds is 5. The molecule has 1 saturated heterocycles. The van der Waals surface area contributed by atoms with Crippen LogP contribution in [0.1, 0.15) is 5.56 Å². The van der Waals surface area contributed by atoms with Crippen LogP contribution in [0.5, 0.6) is 5.75 Å². The second-order valence-corrected chi connectivity index (χ2v) is 6.30. The Kier molecular flexibility index (Phi) is 5.80. The van der Waals surface area contributed by atoms with Crippen LogP contribution in [0.2, 0.25) is 0 Å². The molecular weight excluding hydrogens is 340 g/mol. The number of aliphatic imine (C=N–C) groups is 1. The van der Waals surface area contributed by atoms with Gasteiger partial charge in [-0.2, -0.15) is 0 Å². The first-order chi connectivity index (χ1) is 13.2. The minimum Gasteiger partial charge on any atom is -0.495 e. The number of aromatic nitrogens is 1. The third-order valence-electron chi connectivity index (χ3n) is 4.76. The van der Waals surface area contributed by atoms with Crippen LogP contribution < -0.4 is 26.0 Å². The zero-order valence-electron chi connectivity index (χ0n) is 15.8. The highest BCUT2D eigenvalue weighted by atomic mass is 16.5. The summed E-state index contributed by atoms with van der Waals surface area (Å²) in [7, 11) is 3.35. The molecule has 0 amide bonds.